The highest BCUT2D eigenvalue weighted by molar-refractivity contribution is 7.74. The molecule has 1 fully saturated rings. The second-order valence-electron chi connectivity index (χ2n) is 4.56. The van der Waals surface area contributed by atoms with Crippen molar-refractivity contribution in [2.75, 3.05) is 6.54 Å². The number of nitrogens with one attached hydrogen (secondary N) is 1. The van der Waals surface area contributed by atoms with Crippen LogP contribution in [0.15, 0.2) is 0 Å². The molecule has 0 aliphatic carbocycles. The van der Waals surface area contributed by atoms with E-state index in [0.29, 0.717) is 19.4 Å². The maximum atomic E-state index is 11.4. The highest BCUT2D eigenvalue weighted by Crippen LogP contribution is 2.71. The number of hydrogen-bond acceptors (Lipinski definition) is 4. The molecule has 0 aromatic carbocycles. The molecule has 0 amide bonds. The van der Waals surface area contributed by atoms with Gasteiger partial charge in [0.15, 0.2) is 0 Å². The van der Waals surface area contributed by atoms with Gasteiger partial charge in [0.05, 0.1) is 0 Å². The summed E-state index contributed by atoms with van der Waals surface area (Å²) in [7, 11) is -11.1. The fraction of sp³-hybridized carbons (Fsp3) is 0.875. The van der Waals surface area contributed by atoms with Crippen LogP contribution in [0, 0.1) is 0 Å². The van der Waals surface area contributed by atoms with Gasteiger partial charge in [-0.05, 0) is 19.4 Å². The number of hydrogen-bond donors (Lipinski definition) is 6. The van der Waals surface area contributed by atoms with E-state index in [1.54, 1.807) is 0 Å². The summed E-state index contributed by atoms with van der Waals surface area (Å²) >= 11 is 0. The van der Waals surface area contributed by atoms with E-state index in [9.17, 15) is 33.5 Å². The fourth-order valence-electron chi connectivity index (χ4n) is 2.19. The van der Waals surface area contributed by atoms with Gasteiger partial charge in [0.1, 0.15) is 0 Å². The summed E-state index contributed by atoms with van der Waals surface area (Å²) in [4.78, 5) is 44.5. The third-order valence-electron chi connectivity index (χ3n) is 3.25. The molecular formula is C8H17NO8P2. The van der Waals surface area contributed by atoms with E-state index >= 15 is 0 Å². The molecule has 1 heterocycles. The Labute approximate surface area is 109 Å². The molecular weight excluding hydrogens is 300 g/mol. The van der Waals surface area contributed by atoms with Gasteiger partial charge in [-0.1, -0.05) is 6.42 Å². The molecule has 0 radical (unpaired) electrons. The van der Waals surface area contributed by atoms with E-state index in [0.717, 1.165) is 6.42 Å². The molecule has 11 heteroatoms. The fourth-order valence-corrected chi connectivity index (χ4v) is 4.96. The van der Waals surface area contributed by atoms with Gasteiger partial charge in [-0.15, -0.1) is 0 Å². The zero-order valence-corrected chi connectivity index (χ0v) is 11.8. The van der Waals surface area contributed by atoms with Crippen molar-refractivity contribution in [3.05, 3.63) is 0 Å². The molecule has 1 aliphatic rings. The average Bonchev–Trinajstić information content (AvgIpc) is 2.23. The number of carbonyl (C=O) groups is 1. The largest absolute Gasteiger partial charge is 0.480 e. The highest BCUT2D eigenvalue weighted by atomic mass is 31.2. The van der Waals surface area contributed by atoms with E-state index in [-0.39, 0.29) is 0 Å². The van der Waals surface area contributed by atoms with Gasteiger partial charge in [0.25, 0.3) is 4.90 Å². The Morgan fingerprint density at radius 2 is 1.68 bits per heavy atom. The summed E-state index contributed by atoms with van der Waals surface area (Å²) in [6, 6.07) is -0.648. The standard InChI is InChI=1S/C8H17NO8P2/c10-7(11)8(18(12,13)14,19(15,16)17)5-6-3-1-2-4-9-6/h6,9H,1-5H2,(H,10,11)(H2,12,13,14)(H2,15,16,17). The highest BCUT2D eigenvalue weighted by Gasteiger charge is 2.67. The van der Waals surface area contributed by atoms with Crippen molar-refractivity contribution in [2.45, 2.75) is 36.6 Å². The summed E-state index contributed by atoms with van der Waals surface area (Å²) < 4.78 is 22.8. The van der Waals surface area contributed by atoms with Gasteiger partial charge < -0.3 is 30.0 Å². The Morgan fingerprint density at radius 1 is 1.16 bits per heavy atom. The van der Waals surface area contributed by atoms with Crippen molar-refractivity contribution >= 4 is 21.2 Å². The SMILES string of the molecule is O=C(O)C(CC1CCCCN1)(P(=O)(O)O)P(=O)(O)O. The number of carboxylic acids is 1. The smallest absolute Gasteiger partial charge is 0.355 e. The summed E-state index contributed by atoms with van der Waals surface area (Å²) in [5, 5.41) is 11.8. The van der Waals surface area contributed by atoms with Crippen LogP contribution in [-0.4, -0.2) is 48.1 Å². The van der Waals surface area contributed by atoms with Gasteiger partial charge >= 0.3 is 21.2 Å². The van der Waals surface area contributed by atoms with Crippen LogP contribution >= 0.6 is 15.2 Å². The minimum Gasteiger partial charge on any atom is -0.480 e. The summed E-state index contributed by atoms with van der Waals surface area (Å²) in [6.45, 7) is 0.517. The summed E-state index contributed by atoms with van der Waals surface area (Å²) in [5.74, 6) is -2.18. The van der Waals surface area contributed by atoms with Gasteiger partial charge in [0, 0.05) is 12.5 Å². The molecule has 0 aromatic rings. The predicted molar refractivity (Wildman–Crippen MR) is 64.7 cm³/mol. The lowest BCUT2D eigenvalue weighted by molar-refractivity contribution is -0.139. The third kappa shape index (κ3) is 3.25. The first-order valence-electron chi connectivity index (χ1n) is 5.60. The Kier molecular flexibility index (Phi) is 4.96. The minimum absolute atomic E-state index is 0.412. The van der Waals surface area contributed by atoms with Crippen molar-refractivity contribution in [3.8, 4) is 0 Å². The lowest BCUT2D eigenvalue weighted by atomic mass is 10.00. The van der Waals surface area contributed by atoms with Crippen molar-refractivity contribution in [2.24, 2.45) is 0 Å². The van der Waals surface area contributed by atoms with Crippen LogP contribution in [0.1, 0.15) is 25.7 Å². The maximum Gasteiger partial charge on any atom is 0.355 e. The Bertz CT molecular complexity index is 412. The van der Waals surface area contributed by atoms with Crippen LogP contribution in [0.2, 0.25) is 0 Å². The molecule has 1 rings (SSSR count). The van der Waals surface area contributed by atoms with Crippen LogP contribution in [0.3, 0.4) is 0 Å². The minimum atomic E-state index is -5.55. The second-order valence-corrected chi connectivity index (χ2v) is 8.62. The molecule has 112 valence electrons. The second kappa shape index (κ2) is 5.61. The van der Waals surface area contributed by atoms with E-state index in [1.165, 1.54) is 0 Å². The molecule has 1 aliphatic heterocycles. The van der Waals surface area contributed by atoms with Crippen LogP contribution in [0.5, 0.6) is 0 Å². The Morgan fingerprint density at radius 3 is 2.00 bits per heavy atom. The van der Waals surface area contributed by atoms with Crippen LogP contribution in [0.25, 0.3) is 0 Å². The molecule has 1 saturated heterocycles. The van der Waals surface area contributed by atoms with Crippen molar-refractivity contribution in [3.63, 3.8) is 0 Å². The average molecular weight is 317 g/mol. The molecule has 1 unspecified atom stereocenters. The first-order valence-corrected chi connectivity index (χ1v) is 8.83. The molecule has 0 saturated carbocycles. The molecule has 1 atom stereocenters. The summed E-state index contributed by atoms with van der Waals surface area (Å²) in [5.41, 5.74) is 0. The first-order chi connectivity index (χ1) is 8.52. The zero-order chi connectivity index (χ0) is 14.9. The Balaban J connectivity index is 3.21. The third-order valence-corrected chi connectivity index (χ3v) is 7.49. The zero-order valence-electron chi connectivity index (χ0n) is 9.97. The van der Waals surface area contributed by atoms with Crippen LogP contribution in [-0.2, 0) is 13.9 Å². The van der Waals surface area contributed by atoms with Crippen LogP contribution in [0.4, 0.5) is 0 Å². The Hall–Kier alpha value is -0.270. The van der Waals surface area contributed by atoms with Gasteiger partial charge in [-0.3, -0.25) is 13.9 Å². The predicted octanol–water partition coefficient (Wildman–Crippen LogP) is -0.345. The van der Waals surface area contributed by atoms with Gasteiger partial charge in [-0.25, -0.2) is 0 Å². The number of carboxylic acid groups (broad SMARTS) is 1. The lowest BCUT2D eigenvalue weighted by Crippen LogP contribution is -2.46. The van der Waals surface area contributed by atoms with E-state index in [4.69, 9.17) is 5.11 Å². The van der Waals surface area contributed by atoms with Crippen molar-refractivity contribution in [1.29, 1.82) is 0 Å². The lowest BCUT2D eigenvalue weighted by Gasteiger charge is -2.35. The molecule has 0 aromatic heterocycles. The maximum absolute atomic E-state index is 11.4. The van der Waals surface area contributed by atoms with E-state index in [2.05, 4.69) is 5.32 Å². The van der Waals surface area contributed by atoms with Crippen LogP contribution < -0.4 is 5.32 Å². The quantitative estimate of drug-likeness (QED) is 0.372. The molecule has 19 heavy (non-hydrogen) atoms. The summed E-state index contributed by atoms with van der Waals surface area (Å²) in [6.07, 6.45) is 1.13. The molecule has 0 spiro atoms. The molecule has 9 nitrogen and oxygen atoms in total. The normalized spacial score (nSPS) is 22.2. The van der Waals surface area contributed by atoms with E-state index < -0.39 is 38.5 Å². The van der Waals surface area contributed by atoms with E-state index in [1.807, 2.05) is 0 Å². The number of piperidine rings is 1. The van der Waals surface area contributed by atoms with Gasteiger partial charge in [-0.2, -0.15) is 0 Å². The topological polar surface area (TPSA) is 164 Å². The van der Waals surface area contributed by atoms with Crippen molar-refractivity contribution in [1.82, 2.24) is 5.32 Å². The van der Waals surface area contributed by atoms with Gasteiger partial charge in [0.2, 0.25) is 0 Å². The first kappa shape index (κ1) is 16.8. The number of rotatable bonds is 5. The number of aliphatic carboxylic acids is 1. The molecule has 6 N–H and O–H groups in total. The molecule has 0 bridgehead atoms. The monoisotopic (exact) mass is 317 g/mol. The van der Waals surface area contributed by atoms with Crippen molar-refractivity contribution < 1.29 is 38.6 Å².